The summed E-state index contributed by atoms with van der Waals surface area (Å²) in [4.78, 5) is 16.1. The van der Waals surface area contributed by atoms with Crippen LogP contribution in [0, 0.1) is 0 Å². The van der Waals surface area contributed by atoms with Crippen LogP contribution in [0.2, 0.25) is 5.02 Å². The van der Waals surface area contributed by atoms with Gasteiger partial charge in [-0.3, -0.25) is 4.79 Å². The van der Waals surface area contributed by atoms with Crippen LogP contribution in [-0.4, -0.2) is 32.8 Å². The van der Waals surface area contributed by atoms with Gasteiger partial charge in [0.1, 0.15) is 5.75 Å². The first kappa shape index (κ1) is 21.7. The highest BCUT2D eigenvalue weighted by atomic mass is 35.5. The van der Waals surface area contributed by atoms with Gasteiger partial charge in [-0.25, -0.2) is 5.43 Å². The molecule has 1 N–H and O–H groups in total. The van der Waals surface area contributed by atoms with Gasteiger partial charge in [0.05, 0.1) is 6.21 Å². The average Bonchev–Trinajstić information content (AvgIpc) is 2.75. The molecule has 1 amide bonds. The highest BCUT2D eigenvalue weighted by Crippen LogP contribution is 2.28. The lowest BCUT2D eigenvalue weighted by atomic mass is 10.2. The SMILES string of the molecule is CN(C)c1cccc(OCC(=O)N/N=C/c2ccc(Sc3ccc(Cl)cc3)cc2)c1. The fourth-order valence-corrected chi connectivity index (χ4v) is 3.41. The number of nitrogens with zero attached hydrogens (tertiary/aromatic N) is 2. The van der Waals surface area contributed by atoms with Gasteiger partial charge in [-0.1, -0.05) is 41.6 Å². The number of halogens is 1. The largest absolute Gasteiger partial charge is 0.484 e. The Bertz CT molecular complexity index is 1010. The van der Waals surface area contributed by atoms with Crippen LogP contribution < -0.4 is 15.1 Å². The topological polar surface area (TPSA) is 53.9 Å². The first-order chi connectivity index (χ1) is 14.5. The van der Waals surface area contributed by atoms with E-state index >= 15 is 0 Å². The number of hydrogen-bond donors (Lipinski definition) is 1. The number of anilines is 1. The molecular formula is C23H22ClN3O2S. The van der Waals surface area contributed by atoms with E-state index in [0.29, 0.717) is 5.75 Å². The van der Waals surface area contributed by atoms with E-state index < -0.39 is 0 Å². The van der Waals surface area contributed by atoms with Crippen LogP contribution in [0.5, 0.6) is 5.75 Å². The van der Waals surface area contributed by atoms with Crippen molar-refractivity contribution in [3.63, 3.8) is 0 Å². The number of carbonyl (C=O) groups excluding carboxylic acids is 1. The van der Waals surface area contributed by atoms with Gasteiger partial charge >= 0.3 is 0 Å². The number of hydrazone groups is 1. The third kappa shape index (κ3) is 6.83. The molecule has 154 valence electrons. The first-order valence-electron chi connectivity index (χ1n) is 9.25. The van der Waals surface area contributed by atoms with Crippen LogP contribution in [0.25, 0.3) is 0 Å². The Kier molecular flexibility index (Phi) is 7.76. The second kappa shape index (κ2) is 10.7. The smallest absolute Gasteiger partial charge is 0.277 e. The van der Waals surface area contributed by atoms with Crippen molar-refractivity contribution in [3.05, 3.63) is 83.4 Å². The average molecular weight is 440 g/mol. The summed E-state index contributed by atoms with van der Waals surface area (Å²) in [6, 6.07) is 23.1. The van der Waals surface area contributed by atoms with Gasteiger partial charge < -0.3 is 9.64 Å². The molecule has 0 aliphatic rings. The Morgan fingerprint density at radius 3 is 2.40 bits per heavy atom. The predicted octanol–water partition coefficient (Wildman–Crippen LogP) is 5.09. The minimum absolute atomic E-state index is 0.106. The van der Waals surface area contributed by atoms with Crippen LogP contribution in [0.4, 0.5) is 5.69 Å². The van der Waals surface area contributed by atoms with Gasteiger partial charge in [0.25, 0.3) is 5.91 Å². The highest BCUT2D eigenvalue weighted by molar-refractivity contribution is 7.99. The second-order valence-electron chi connectivity index (χ2n) is 6.60. The summed E-state index contributed by atoms with van der Waals surface area (Å²) in [6.45, 7) is -0.106. The summed E-state index contributed by atoms with van der Waals surface area (Å²) >= 11 is 7.56. The molecule has 0 saturated carbocycles. The van der Waals surface area contributed by atoms with E-state index in [1.807, 2.05) is 91.8 Å². The molecule has 0 bridgehead atoms. The minimum atomic E-state index is -0.323. The third-order valence-electron chi connectivity index (χ3n) is 4.04. The summed E-state index contributed by atoms with van der Waals surface area (Å²) in [5.74, 6) is 0.311. The summed E-state index contributed by atoms with van der Waals surface area (Å²) in [6.07, 6.45) is 1.60. The number of carbonyl (C=O) groups is 1. The molecule has 7 heteroatoms. The Balaban J connectivity index is 1.46. The first-order valence-corrected chi connectivity index (χ1v) is 10.4. The van der Waals surface area contributed by atoms with Crippen LogP contribution in [0.3, 0.4) is 0 Å². The number of benzene rings is 3. The minimum Gasteiger partial charge on any atom is -0.484 e. The fourth-order valence-electron chi connectivity index (χ4n) is 2.47. The zero-order valence-corrected chi connectivity index (χ0v) is 18.3. The molecule has 5 nitrogen and oxygen atoms in total. The van der Waals surface area contributed by atoms with Crippen LogP contribution in [0.15, 0.2) is 87.7 Å². The third-order valence-corrected chi connectivity index (χ3v) is 5.30. The molecule has 3 aromatic carbocycles. The zero-order chi connectivity index (χ0) is 21.3. The van der Waals surface area contributed by atoms with Crippen LogP contribution in [-0.2, 0) is 4.79 Å². The molecule has 3 rings (SSSR count). The van der Waals surface area contributed by atoms with Gasteiger partial charge in [-0.05, 0) is 54.1 Å². The number of nitrogens with one attached hydrogen (secondary N) is 1. The van der Waals surface area contributed by atoms with E-state index in [2.05, 4.69) is 10.5 Å². The molecule has 0 aromatic heterocycles. The van der Waals surface area contributed by atoms with Crippen molar-refractivity contribution in [2.75, 3.05) is 25.6 Å². The van der Waals surface area contributed by atoms with Crippen LogP contribution >= 0.6 is 23.4 Å². The molecule has 0 aliphatic carbocycles. The number of hydrogen-bond acceptors (Lipinski definition) is 5. The summed E-state index contributed by atoms with van der Waals surface area (Å²) in [5, 5.41) is 4.71. The molecule has 0 fully saturated rings. The van der Waals surface area contributed by atoms with Crippen molar-refractivity contribution in [2.24, 2.45) is 5.10 Å². The van der Waals surface area contributed by atoms with Crippen molar-refractivity contribution in [3.8, 4) is 5.75 Å². The standard InChI is InChI=1S/C23H22ClN3O2S/c1-27(2)19-4-3-5-20(14-19)29-16-23(28)26-25-15-17-6-10-21(11-7-17)30-22-12-8-18(24)9-13-22/h3-15H,16H2,1-2H3,(H,26,28)/b25-15+. The van der Waals surface area contributed by atoms with Gasteiger partial charge in [-0.2, -0.15) is 5.10 Å². The van der Waals surface area contributed by atoms with E-state index in [-0.39, 0.29) is 12.5 Å². The molecule has 0 radical (unpaired) electrons. The number of rotatable bonds is 8. The molecule has 0 heterocycles. The van der Waals surface area contributed by atoms with Crippen molar-refractivity contribution in [2.45, 2.75) is 9.79 Å². The molecule has 0 unspecified atom stereocenters. The lowest BCUT2D eigenvalue weighted by Crippen LogP contribution is -2.24. The molecular weight excluding hydrogens is 418 g/mol. The van der Waals surface area contributed by atoms with Gasteiger partial charge in [0.15, 0.2) is 6.61 Å². The molecule has 0 saturated heterocycles. The number of amides is 1. The van der Waals surface area contributed by atoms with Gasteiger partial charge in [0.2, 0.25) is 0 Å². The van der Waals surface area contributed by atoms with E-state index in [0.717, 1.165) is 26.1 Å². The Morgan fingerprint density at radius 1 is 1.07 bits per heavy atom. The maximum atomic E-state index is 11.9. The molecule has 30 heavy (non-hydrogen) atoms. The van der Waals surface area contributed by atoms with Crippen molar-refractivity contribution >= 4 is 41.2 Å². The van der Waals surface area contributed by atoms with Crippen molar-refractivity contribution in [1.29, 1.82) is 0 Å². The molecule has 0 spiro atoms. The highest BCUT2D eigenvalue weighted by Gasteiger charge is 2.03. The summed E-state index contributed by atoms with van der Waals surface area (Å²) < 4.78 is 5.52. The van der Waals surface area contributed by atoms with Crippen LogP contribution in [0.1, 0.15) is 5.56 Å². The Labute approximate surface area is 185 Å². The summed E-state index contributed by atoms with van der Waals surface area (Å²) in [7, 11) is 3.90. The van der Waals surface area contributed by atoms with E-state index in [9.17, 15) is 4.79 Å². The normalized spacial score (nSPS) is 10.8. The second-order valence-corrected chi connectivity index (χ2v) is 8.18. The molecule has 0 aliphatic heterocycles. The van der Waals surface area contributed by atoms with E-state index in [4.69, 9.17) is 16.3 Å². The van der Waals surface area contributed by atoms with Crippen molar-refractivity contribution < 1.29 is 9.53 Å². The van der Waals surface area contributed by atoms with E-state index in [1.165, 1.54) is 0 Å². The predicted molar refractivity (Wildman–Crippen MR) is 124 cm³/mol. The molecule has 3 aromatic rings. The Morgan fingerprint density at radius 2 is 1.73 bits per heavy atom. The monoisotopic (exact) mass is 439 g/mol. The van der Waals surface area contributed by atoms with Gasteiger partial charge in [-0.15, -0.1) is 0 Å². The zero-order valence-electron chi connectivity index (χ0n) is 16.7. The lowest BCUT2D eigenvalue weighted by molar-refractivity contribution is -0.123. The van der Waals surface area contributed by atoms with Gasteiger partial charge in [0, 0.05) is 40.7 Å². The maximum Gasteiger partial charge on any atom is 0.277 e. The van der Waals surface area contributed by atoms with E-state index in [1.54, 1.807) is 18.0 Å². The Hall–Kier alpha value is -2.96. The maximum absolute atomic E-state index is 11.9. The molecule has 0 atom stereocenters. The van der Waals surface area contributed by atoms with Crippen molar-refractivity contribution in [1.82, 2.24) is 5.43 Å². The summed E-state index contributed by atoms with van der Waals surface area (Å²) in [5.41, 5.74) is 4.36. The fraction of sp³-hybridized carbons (Fsp3) is 0.130. The lowest BCUT2D eigenvalue weighted by Gasteiger charge is -2.13. The number of ether oxygens (including phenoxy) is 1. The quantitative estimate of drug-likeness (QED) is 0.392.